The molecule has 3 amide bonds. The van der Waals surface area contributed by atoms with E-state index in [9.17, 15) is 14.4 Å². The number of imide groups is 1. The number of benzene rings is 1. The lowest BCUT2D eigenvalue weighted by molar-refractivity contribution is -0.129. The molecule has 0 unspecified atom stereocenters. The Balaban J connectivity index is 1.58. The van der Waals surface area contributed by atoms with E-state index in [1.54, 1.807) is 29.4 Å². The number of rotatable bonds is 3. The first-order chi connectivity index (χ1) is 13.1. The molecule has 2 aliphatic heterocycles. The van der Waals surface area contributed by atoms with Crippen LogP contribution in [0.1, 0.15) is 11.1 Å². The van der Waals surface area contributed by atoms with Gasteiger partial charge in [0, 0.05) is 30.1 Å². The van der Waals surface area contributed by atoms with Crippen LogP contribution in [0.15, 0.2) is 39.9 Å². The largest absolute Gasteiger partial charge is 0.464 e. The molecule has 1 aromatic carbocycles. The second-order valence-electron chi connectivity index (χ2n) is 6.07. The number of furan rings is 1. The van der Waals surface area contributed by atoms with Crippen LogP contribution in [-0.4, -0.2) is 48.3 Å². The van der Waals surface area contributed by atoms with Gasteiger partial charge in [-0.15, -0.1) is 0 Å². The summed E-state index contributed by atoms with van der Waals surface area (Å²) in [7, 11) is 0. The Hall–Kier alpha value is -2.84. The minimum Gasteiger partial charge on any atom is -0.464 e. The molecule has 2 fully saturated rings. The second-order valence-corrected chi connectivity index (χ2v) is 7.08. The predicted octanol–water partition coefficient (Wildman–Crippen LogP) is 2.63. The van der Waals surface area contributed by atoms with Gasteiger partial charge in [-0.1, -0.05) is 6.07 Å². The lowest BCUT2D eigenvalue weighted by Crippen LogP contribution is -2.39. The van der Waals surface area contributed by atoms with Crippen molar-refractivity contribution in [3.63, 3.8) is 0 Å². The highest BCUT2D eigenvalue weighted by molar-refractivity contribution is 8.18. The first-order valence-electron chi connectivity index (χ1n) is 8.41. The quantitative estimate of drug-likeness (QED) is 0.819. The number of nitrogens with zero attached hydrogens (tertiary/aromatic N) is 1. The van der Waals surface area contributed by atoms with E-state index in [2.05, 4.69) is 5.32 Å². The standard InChI is InChI=1S/C19H16N2O5S/c22-17(21-5-7-25-8-6-21)4-2-13-11-26-15-3-1-12(9-14(13)15)10-16-18(23)20-19(24)27-16/h1-4,9-11H,5-8H2,(H,20,23,24). The molecule has 0 bridgehead atoms. The minimum atomic E-state index is -0.395. The molecule has 138 valence electrons. The maximum Gasteiger partial charge on any atom is 0.290 e. The zero-order valence-electron chi connectivity index (χ0n) is 14.3. The third-order valence-electron chi connectivity index (χ3n) is 4.30. The number of hydrogen-bond acceptors (Lipinski definition) is 6. The molecule has 3 heterocycles. The van der Waals surface area contributed by atoms with Crippen LogP contribution in [0.3, 0.4) is 0 Å². The van der Waals surface area contributed by atoms with Crippen molar-refractivity contribution in [1.29, 1.82) is 0 Å². The summed E-state index contributed by atoms with van der Waals surface area (Å²) in [5.41, 5.74) is 2.21. The summed E-state index contributed by atoms with van der Waals surface area (Å²) in [6, 6.07) is 5.46. The zero-order valence-corrected chi connectivity index (χ0v) is 15.1. The van der Waals surface area contributed by atoms with E-state index in [0.29, 0.717) is 36.8 Å². The van der Waals surface area contributed by atoms with Gasteiger partial charge >= 0.3 is 0 Å². The van der Waals surface area contributed by atoms with Crippen LogP contribution >= 0.6 is 11.8 Å². The van der Waals surface area contributed by atoms with E-state index in [-0.39, 0.29) is 11.1 Å². The molecule has 1 N–H and O–H groups in total. The number of ether oxygens (including phenoxy) is 1. The number of carbonyl (C=O) groups excluding carboxylic acids is 3. The van der Waals surface area contributed by atoms with Crippen molar-refractivity contribution < 1.29 is 23.5 Å². The van der Waals surface area contributed by atoms with Gasteiger partial charge in [0.2, 0.25) is 5.91 Å². The van der Waals surface area contributed by atoms with Crippen molar-refractivity contribution >= 4 is 51.9 Å². The number of fused-ring (bicyclic) bond motifs is 1. The average molecular weight is 384 g/mol. The van der Waals surface area contributed by atoms with Crippen LogP contribution in [0.25, 0.3) is 23.1 Å². The lowest BCUT2D eigenvalue weighted by atomic mass is 10.1. The SMILES string of the molecule is O=C1NC(=O)C(=Cc2ccc3occ(C=CC(=O)N4CCOCC4)c3c2)S1. The van der Waals surface area contributed by atoms with E-state index in [1.807, 2.05) is 12.1 Å². The van der Waals surface area contributed by atoms with E-state index < -0.39 is 5.91 Å². The molecule has 1 aromatic heterocycles. The normalized spacial score (nSPS) is 19.4. The van der Waals surface area contributed by atoms with Crippen molar-refractivity contribution in [2.45, 2.75) is 0 Å². The highest BCUT2D eigenvalue weighted by Gasteiger charge is 2.25. The summed E-state index contributed by atoms with van der Waals surface area (Å²) in [5, 5.41) is 2.68. The monoisotopic (exact) mass is 384 g/mol. The third kappa shape index (κ3) is 3.81. The maximum atomic E-state index is 12.3. The van der Waals surface area contributed by atoms with Gasteiger partial charge in [-0.05, 0) is 41.6 Å². The first-order valence-corrected chi connectivity index (χ1v) is 9.23. The van der Waals surface area contributed by atoms with Gasteiger partial charge in [-0.3, -0.25) is 19.7 Å². The van der Waals surface area contributed by atoms with Crippen molar-refractivity contribution in [1.82, 2.24) is 10.2 Å². The van der Waals surface area contributed by atoms with Gasteiger partial charge < -0.3 is 14.1 Å². The molecular formula is C19H16N2O5S. The Morgan fingerprint density at radius 1 is 1.22 bits per heavy atom. The van der Waals surface area contributed by atoms with Crippen LogP contribution in [0, 0.1) is 0 Å². The average Bonchev–Trinajstić information content (AvgIpc) is 3.22. The van der Waals surface area contributed by atoms with Gasteiger partial charge in [0.05, 0.1) is 24.4 Å². The summed E-state index contributed by atoms with van der Waals surface area (Å²) in [6.07, 6.45) is 6.50. The Morgan fingerprint density at radius 3 is 2.78 bits per heavy atom. The van der Waals surface area contributed by atoms with Gasteiger partial charge in [-0.2, -0.15) is 0 Å². The Bertz CT molecular complexity index is 985. The fourth-order valence-corrected chi connectivity index (χ4v) is 3.59. The molecule has 0 aliphatic carbocycles. The fraction of sp³-hybridized carbons (Fsp3) is 0.211. The third-order valence-corrected chi connectivity index (χ3v) is 5.11. The summed E-state index contributed by atoms with van der Waals surface area (Å²) >= 11 is 0.874. The van der Waals surface area contributed by atoms with Crippen molar-refractivity contribution in [3.8, 4) is 0 Å². The van der Waals surface area contributed by atoms with Crippen molar-refractivity contribution in [3.05, 3.63) is 46.6 Å². The number of nitrogens with one attached hydrogen (secondary N) is 1. The molecule has 4 rings (SSSR count). The van der Waals surface area contributed by atoms with E-state index >= 15 is 0 Å². The van der Waals surface area contributed by atoms with Crippen LogP contribution < -0.4 is 5.32 Å². The highest BCUT2D eigenvalue weighted by atomic mass is 32.2. The number of morpholine rings is 1. The van der Waals surface area contributed by atoms with Crippen LogP contribution in [0.2, 0.25) is 0 Å². The van der Waals surface area contributed by atoms with Crippen LogP contribution in [0.5, 0.6) is 0 Å². The summed E-state index contributed by atoms with van der Waals surface area (Å²) in [5.74, 6) is -0.461. The van der Waals surface area contributed by atoms with Crippen LogP contribution in [0.4, 0.5) is 4.79 Å². The molecule has 0 saturated carbocycles. The molecule has 2 aromatic rings. The predicted molar refractivity (Wildman–Crippen MR) is 102 cm³/mol. The van der Waals surface area contributed by atoms with Crippen molar-refractivity contribution in [2.75, 3.05) is 26.3 Å². The molecule has 2 aliphatic rings. The summed E-state index contributed by atoms with van der Waals surface area (Å²) in [6.45, 7) is 2.29. The number of amides is 3. The maximum absolute atomic E-state index is 12.3. The van der Waals surface area contributed by atoms with E-state index in [0.717, 1.165) is 28.3 Å². The molecule has 2 saturated heterocycles. The van der Waals surface area contributed by atoms with Crippen LogP contribution in [-0.2, 0) is 14.3 Å². The number of thioether (sulfide) groups is 1. The van der Waals surface area contributed by atoms with Gasteiger partial charge in [-0.25, -0.2) is 0 Å². The topological polar surface area (TPSA) is 88.8 Å². The van der Waals surface area contributed by atoms with E-state index in [1.165, 1.54) is 6.08 Å². The van der Waals surface area contributed by atoms with Gasteiger partial charge in [0.15, 0.2) is 0 Å². The molecule has 7 nitrogen and oxygen atoms in total. The Morgan fingerprint density at radius 2 is 2.04 bits per heavy atom. The molecule has 0 radical (unpaired) electrons. The molecule has 0 spiro atoms. The Labute approximate surface area is 159 Å². The minimum absolute atomic E-state index is 0.0662. The lowest BCUT2D eigenvalue weighted by Gasteiger charge is -2.25. The molecule has 0 atom stereocenters. The molecule has 27 heavy (non-hydrogen) atoms. The van der Waals surface area contributed by atoms with Gasteiger partial charge in [0.1, 0.15) is 5.58 Å². The van der Waals surface area contributed by atoms with Gasteiger partial charge in [0.25, 0.3) is 11.1 Å². The second kappa shape index (κ2) is 7.42. The first kappa shape index (κ1) is 17.6. The fourth-order valence-electron chi connectivity index (χ4n) is 2.91. The number of hydrogen-bond donors (Lipinski definition) is 1. The summed E-state index contributed by atoms with van der Waals surface area (Å²) in [4.78, 5) is 37.3. The zero-order chi connectivity index (χ0) is 18.8. The number of carbonyl (C=O) groups is 3. The summed E-state index contributed by atoms with van der Waals surface area (Å²) < 4.78 is 10.8. The highest BCUT2D eigenvalue weighted by Crippen LogP contribution is 2.28. The van der Waals surface area contributed by atoms with Crippen molar-refractivity contribution in [2.24, 2.45) is 0 Å². The Kier molecular flexibility index (Phi) is 4.83. The van der Waals surface area contributed by atoms with E-state index in [4.69, 9.17) is 9.15 Å². The molecule has 8 heteroatoms. The molecular weight excluding hydrogens is 368 g/mol. The smallest absolute Gasteiger partial charge is 0.290 e.